The van der Waals surface area contributed by atoms with Crippen molar-refractivity contribution in [2.24, 2.45) is 5.41 Å². The number of benzene rings is 2. The van der Waals surface area contributed by atoms with Crippen molar-refractivity contribution in [2.75, 3.05) is 0 Å². The summed E-state index contributed by atoms with van der Waals surface area (Å²) in [6.45, 7) is 1.78. The molecule has 25 heavy (non-hydrogen) atoms. The predicted octanol–water partition coefficient (Wildman–Crippen LogP) is 3.64. The van der Waals surface area contributed by atoms with Crippen LogP contribution in [0.4, 0.5) is 5.69 Å². The Labute approximate surface area is 144 Å². The molecule has 0 N–H and O–H groups in total. The highest BCUT2D eigenvalue weighted by Gasteiger charge is 2.42. The summed E-state index contributed by atoms with van der Waals surface area (Å²) in [5, 5.41) is 10.7. The molecule has 0 heterocycles. The summed E-state index contributed by atoms with van der Waals surface area (Å²) in [5.41, 5.74) is 1.20. The Bertz CT molecular complexity index is 830. The number of aryl methyl sites for hydroxylation is 1. The molecule has 0 bridgehead atoms. The fourth-order valence-electron chi connectivity index (χ4n) is 3.12. The molecule has 0 aliphatic heterocycles. The predicted molar refractivity (Wildman–Crippen MR) is 90.2 cm³/mol. The lowest BCUT2D eigenvalue weighted by Gasteiger charge is -2.37. The summed E-state index contributed by atoms with van der Waals surface area (Å²) in [4.78, 5) is 34.4. The number of nitrogens with zero attached hydrogens (tertiary/aromatic N) is 1. The highest BCUT2D eigenvalue weighted by Crippen LogP contribution is 2.45. The SMILES string of the molecule is C[C@]1(C=O)CCc2ccccc2[C@@H]1OC(=O)c1ccc([N+](=O)[O-])cc1. The number of rotatable bonds is 4. The highest BCUT2D eigenvalue weighted by atomic mass is 16.6. The van der Waals surface area contributed by atoms with Gasteiger partial charge in [-0.25, -0.2) is 4.79 Å². The Hall–Kier alpha value is -3.02. The third kappa shape index (κ3) is 3.15. The Balaban J connectivity index is 1.90. The maximum Gasteiger partial charge on any atom is 0.338 e. The lowest BCUT2D eigenvalue weighted by Crippen LogP contribution is -2.35. The average Bonchev–Trinajstić information content (AvgIpc) is 2.64. The summed E-state index contributed by atoms with van der Waals surface area (Å²) in [5.74, 6) is -0.607. The molecule has 128 valence electrons. The van der Waals surface area contributed by atoms with Gasteiger partial charge in [0.05, 0.1) is 15.9 Å². The number of carbonyl (C=O) groups excluding carboxylic acids is 2. The normalized spacial score (nSPS) is 21.9. The minimum absolute atomic E-state index is 0.0997. The molecule has 3 rings (SSSR count). The summed E-state index contributed by atoms with van der Waals surface area (Å²) in [7, 11) is 0. The summed E-state index contributed by atoms with van der Waals surface area (Å²) in [6.07, 6.45) is 1.50. The molecule has 0 unspecified atom stereocenters. The van der Waals surface area contributed by atoms with Crippen molar-refractivity contribution >= 4 is 17.9 Å². The van der Waals surface area contributed by atoms with Crippen molar-refractivity contribution in [3.05, 3.63) is 75.3 Å². The number of hydrogen-bond acceptors (Lipinski definition) is 5. The zero-order valence-corrected chi connectivity index (χ0v) is 13.7. The molecule has 0 fully saturated rings. The van der Waals surface area contributed by atoms with E-state index in [-0.39, 0.29) is 11.3 Å². The molecule has 1 aliphatic rings. The number of hydrogen-bond donors (Lipinski definition) is 0. The van der Waals surface area contributed by atoms with Crippen LogP contribution in [0.3, 0.4) is 0 Å². The highest BCUT2D eigenvalue weighted by molar-refractivity contribution is 5.90. The van der Waals surface area contributed by atoms with Gasteiger partial charge < -0.3 is 9.53 Å². The van der Waals surface area contributed by atoms with E-state index in [1.807, 2.05) is 24.3 Å². The van der Waals surface area contributed by atoms with Crippen LogP contribution < -0.4 is 0 Å². The van der Waals surface area contributed by atoms with E-state index in [9.17, 15) is 19.7 Å². The van der Waals surface area contributed by atoms with Gasteiger partial charge in [0.15, 0.2) is 0 Å². The van der Waals surface area contributed by atoms with Gasteiger partial charge in [-0.2, -0.15) is 0 Å². The number of esters is 1. The Morgan fingerprint density at radius 2 is 1.92 bits per heavy atom. The van der Waals surface area contributed by atoms with Crippen molar-refractivity contribution in [2.45, 2.75) is 25.9 Å². The third-order valence-electron chi connectivity index (χ3n) is 4.68. The van der Waals surface area contributed by atoms with E-state index in [0.717, 1.165) is 23.8 Å². The molecule has 0 spiro atoms. The van der Waals surface area contributed by atoms with Crippen LogP contribution in [-0.2, 0) is 16.0 Å². The smallest absolute Gasteiger partial charge is 0.338 e. The summed E-state index contributed by atoms with van der Waals surface area (Å²) < 4.78 is 5.67. The Morgan fingerprint density at radius 3 is 2.56 bits per heavy atom. The molecule has 0 saturated heterocycles. The third-order valence-corrected chi connectivity index (χ3v) is 4.68. The molecular formula is C19H17NO5. The second-order valence-corrected chi connectivity index (χ2v) is 6.41. The lowest BCUT2D eigenvalue weighted by atomic mass is 9.71. The van der Waals surface area contributed by atoms with Gasteiger partial charge in [0.2, 0.25) is 0 Å². The standard InChI is InChI=1S/C19H17NO5/c1-19(12-21)11-10-13-4-2-3-5-16(13)17(19)25-18(22)14-6-8-15(9-7-14)20(23)24/h2-9,12,17H,10-11H2,1H3/t17-,19+/m0/s1. The Morgan fingerprint density at radius 1 is 1.24 bits per heavy atom. The van der Waals surface area contributed by atoms with Crippen LogP contribution in [0.2, 0.25) is 0 Å². The fraction of sp³-hybridized carbons (Fsp3) is 0.263. The number of non-ortho nitro benzene ring substituents is 1. The van der Waals surface area contributed by atoms with Crippen LogP contribution in [0.1, 0.15) is 40.9 Å². The molecule has 0 amide bonds. The van der Waals surface area contributed by atoms with Gasteiger partial charge in [-0.3, -0.25) is 10.1 Å². The number of carbonyl (C=O) groups is 2. The summed E-state index contributed by atoms with van der Waals surface area (Å²) >= 11 is 0. The molecule has 2 aromatic carbocycles. The molecule has 1 aliphatic carbocycles. The zero-order valence-electron chi connectivity index (χ0n) is 13.7. The Kier molecular flexibility index (Phi) is 4.35. The van der Waals surface area contributed by atoms with Crippen LogP contribution in [0.15, 0.2) is 48.5 Å². The van der Waals surface area contributed by atoms with Crippen LogP contribution in [-0.4, -0.2) is 17.2 Å². The van der Waals surface area contributed by atoms with E-state index in [1.165, 1.54) is 24.3 Å². The monoisotopic (exact) mass is 339 g/mol. The van der Waals surface area contributed by atoms with E-state index in [4.69, 9.17) is 4.74 Å². The zero-order chi connectivity index (χ0) is 18.0. The van der Waals surface area contributed by atoms with E-state index in [0.29, 0.717) is 6.42 Å². The van der Waals surface area contributed by atoms with Crippen LogP contribution in [0.5, 0.6) is 0 Å². The van der Waals surface area contributed by atoms with Crippen molar-refractivity contribution in [3.8, 4) is 0 Å². The van der Waals surface area contributed by atoms with E-state index < -0.39 is 22.4 Å². The van der Waals surface area contributed by atoms with Crippen LogP contribution in [0.25, 0.3) is 0 Å². The van der Waals surface area contributed by atoms with Gasteiger partial charge in [-0.15, -0.1) is 0 Å². The van der Waals surface area contributed by atoms with E-state index in [1.54, 1.807) is 6.92 Å². The first kappa shape index (κ1) is 16.8. The van der Waals surface area contributed by atoms with Crippen molar-refractivity contribution in [1.29, 1.82) is 0 Å². The molecule has 0 saturated carbocycles. The number of fused-ring (bicyclic) bond motifs is 1. The van der Waals surface area contributed by atoms with E-state index in [2.05, 4.69) is 0 Å². The van der Waals surface area contributed by atoms with Gasteiger partial charge in [0.1, 0.15) is 12.4 Å². The number of ether oxygens (including phenoxy) is 1. The topological polar surface area (TPSA) is 86.5 Å². The number of nitro groups is 1. The molecular weight excluding hydrogens is 322 g/mol. The van der Waals surface area contributed by atoms with Crippen molar-refractivity contribution < 1.29 is 19.2 Å². The minimum atomic E-state index is -0.801. The second kappa shape index (κ2) is 6.47. The van der Waals surface area contributed by atoms with E-state index >= 15 is 0 Å². The minimum Gasteiger partial charge on any atom is -0.453 e. The first-order chi connectivity index (χ1) is 11.9. The van der Waals surface area contributed by atoms with Gasteiger partial charge in [0, 0.05) is 12.1 Å². The van der Waals surface area contributed by atoms with Crippen LogP contribution in [0, 0.1) is 15.5 Å². The van der Waals surface area contributed by atoms with Gasteiger partial charge in [-0.05, 0) is 43.0 Å². The molecule has 6 heteroatoms. The van der Waals surface area contributed by atoms with Crippen molar-refractivity contribution in [3.63, 3.8) is 0 Å². The molecule has 2 aromatic rings. The maximum absolute atomic E-state index is 12.5. The van der Waals surface area contributed by atoms with Gasteiger partial charge >= 0.3 is 5.97 Å². The molecule has 6 nitrogen and oxygen atoms in total. The number of aldehydes is 1. The van der Waals surface area contributed by atoms with Gasteiger partial charge in [0.25, 0.3) is 5.69 Å². The van der Waals surface area contributed by atoms with Crippen LogP contribution >= 0.6 is 0 Å². The second-order valence-electron chi connectivity index (χ2n) is 6.41. The summed E-state index contributed by atoms with van der Waals surface area (Å²) in [6, 6.07) is 12.8. The largest absolute Gasteiger partial charge is 0.453 e. The lowest BCUT2D eigenvalue weighted by molar-refractivity contribution is -0.384. The van der Waals surface area contributed by atoms with Gasteiger partial charge in [-0.1, -0.05) is 24.3 Å². The first-order valence-corrected chi connectivity index (χ1v) is 7.94. The molecule has 0 aromatic heterocycles. The fourth-order valence-corrected chi connectivity index (χ4v) is 3.12. The maximum atomic E-state index is 12.5. The van der Waals surface area contributed by atoms with Crippen molar-refractivity contribution in [1.82, 2.24) is 0 Å². The average molecular weight is 339 g/mol. The molecule has 0 radical (unpaired) electrons. The number of nitro benzene ring substituents is 1. The molecule has 2 atom stereocenters. The first-order valence-electron chi connectivity index (χ1n) is 7.94. The quantitative estimate of drug-likeness (QED) is 0.367.